The van der Waals surface area contributed by atoms with Gasteiger partial charge in [-0.25, -0.2) is 4.79 Å². The lowest BCUT2D eigenvalue weighted by molar-refractivity contribution is -0.118. The highest BCUT2D eigenvalue weighted by atomic mass is 32.1. The van der Waals surface area contributed by atoms with Crippen LogP contribution in [0.2, 0.25) is 0 Å². The lowest BCUT2D eigenvalue weighted by Gasteiger charge is -2.30. The highest BCUT2D eigenvalue weighted by Crippen LogP contribution is 2.30. The average molecular weight is 301 g/mol. The number of aromatic carboxylic acids is 1. The molecular formula is C16H15NO3S. The molecule has 0 aliphatic carbocycles. The van der Waals surface area contributed by atoms with Gasteiger partial charge in [-0.2, -0.15) is 11.3 Å². The lowest BCUT2D eigenvalue weighted by atomic mass is 9.96. The summed E-state index contributed by atoms with van der Waals surface area (Å²) in [6.45, 7) is 0.652. The fourth-order valence-corrected chi connectivity index (χ4v) is 3.42. The molecule has 0 radical (unpaired) electrons. The summed E-state index contributed by atoms with van der Waals surface area (Å²) >= 11 is 1.57. The van der Waals surface area contributed by atoms with E-state index in [4.69, 9.17) is 0 Å². The highest BCUT2D eigenvalue weighted by molar-refractivity contribution is 7.08. The molecule has 0 unspecified atom stereocenters. The largest absolute Gasteiger partial charge is 0.478 e. The van der Waals surface area contributed by atoms with E-state index in [0.29, 0.717) is 24.9 Å². The zero-order valence-corrected chi connectivity index (χ0v) is 12.2. The minimum atomic E-state index is -0.931. The van der Waals surface area contributed by atoms with Crippen molar-refractivity contribution in [2.45, 2.75) is 19.3 Å². The number of rotatable bonds is 3. The van der Waals surface area contributed by atoms with E-state index in [-0.39, 0.29) is 5.91 Å². The van der Waals surface area contributed by atoms with E-state index in [1.54, 1.807) is 28.4 Å². The normalized spacial score (nSPS) is 13.8. The molecule has 0 atom stereocenters. The number of hydrogen-bond acceptors (Lipinski definition) is 3. The molecular weight excluding hydrogens is 286 g/mol. The van der Waals surface area contributed by atoms with Crippen molar-refractivity contribution in [3.8, 4) is 0 Å². The topological polar surface area (TPSA) is 57.6 Å². The summed E-state index contributed by atoms with van der Waals surface area (Å²) in [6, 6.07) is 7.10. The fourth-order valence-electron chi connectivity index (χ4n) is 2.75. The molecule has 108 valence electrons. The summed E-state index contributed by atoms with van der Waals surface area (Å²) in [5.41, 5.74) is 2.84. The summed E-state index contributed by atoms with van der Waals surface area (Å²) in [5.74, 6) is -0.907. The molecule has 0 bridgehead atoms. The predicted molar refractivity (Wildman–Crippen MR) is 82.1 cm³/mol. The first-order chi connectivity index (χ1) is 10.2. The number of anilines is 1. The van der Waals surface area contributed by atoms with Crippen LogP contribution in [-0.4, -0.2) is 23.5 Å². The van der Waals surface area contributed by atoms with E-state index in [0.717, 1.165) is 23.2 Å². The minimum Gasteiger partial charge on any atom is -0.478 e. The number of nitrogens with zero attached hydrogens (tertiary/aromatic N) is 1. The molecule has 0 saturated carbocycles. The van der Waals surface area contributed by atoms with Gasteiger partial charge >= 0.3 is 5.97 Å². The number of carboxylic acid groups (broad SMARTS) is 1. The minimum absolute atomic E-state index is 0.0249. The third kappa shape index (κ3) is 2.69. The molecule has 1 amide bonds. The van der Waals surface area contributed by atoms with Crippen LogP contribution < -0.4 is 4.90 Å². The molecule has 3 rings (SSSR count). The lowest BCUT2D eigenvalue weighted by Crippen LogP contribution is -2.37. The molecule has 1 aliphatic heterocycles. The van der Waals surface area contributed by atoms with Crippen molar-refractivity contribution >= 4 is 28.9 Å². The molecule has 0 spiro atoms. The maximum absolute atomic E-state index is 12.5. The Bertz CT molecular complexity index is 679. The zero-order valence-electron chi connectivity index (χ0n) is 11.4. The van der Waals surface area contributed by atoms with E-state index in [1.165, 1.54) is 0 Å². The Morgan fingerprint density at radius 3 is 2.86 bits per heavy atom. The van der Waals surface area contributed by atoms with Gasteiger partial charge < -0.3 is 10.0 Å². The molecule has 2 heterocycles. The molecule has 2 aromatic rings. The number of carbonyl (C=O) groups is 2. The van der Waals surface area contributed by atoms with Crippen molar-refractivity contribution < 1.29 is 14.7 Å². The van der Waals surface area contributed by atoms with Crippen LogP contribution in [0.1, 0.15) is 27.9 Å². The van der Waals surface area contributed by atoms with Gasteiger partial charge in [0.2, 0.25) is 5.91 Å². The van der Waals surface area contributed by atoms with Crippen molar-refractivity contribution in [2.24, 2.45) is 0 Å². The summed E-state index contributed by atoms with van der Waals surface area (Å²) < 4.78 is 0. The Morgan fingerprint density at radius 1 is 1.29 bits per heavy atom. The van der Waals surface area contributed by atoms with Crippen molar-refractivity contribution in [3.05, 3.63) is 51.7 Å². The molecule has 1 aromatic carbocycles. The quantitative estimate of drug-likeness (QED) is 0.948. The Labute approximate surface area is 126 Å². The van der Waals surface area contributed by atoms with Gasteiger partial charge in [-0.1, -0.05) is 6.07 Å². The second-order valence-electron chi connectivity index (χ2n) is 5.07. The summed E-state index contributed by atoms with van der Waals surface area (Å²) in [7, 11) is 0. The third-order valence-corrected chi connectivity index (χ3v) is 4.45. The third-order valence-electron chi connectivity index (χ3n) is 3.72. The Balaban J connectivity index is 1.92. The first kappa shape index (κ1) is 13.8. The van der Waals surface area contributed by atoms with Crippen LogP contribution in [0.5, 0.6) is 0 Å². The SMILES string of the molecule is O=C(O)c1cccc2c1CCCN2C(=O)Cc1ccsc1. The maximum atomic E-state index is 12.5. The second kappa shape index (κ2) is 5.69. The van der Waals surface area contributed by atoms with Crippen molar-refractivity contribution in [2.75, 3.05) is 11.4 Å². The number of amides is 1. The molecule has 1 N–H and O–H groups in total. The van der Waals surface area contributed by atoms with Gasteiger partial charge in [0, 0.05) is 12.2 Å². The summed E-state index contributed by atoms with van der Waals surface area (Å²) in [4.78, 5) is 25.5. The molecule has 5 heteroatoms. The number of fused-ring (bicyclic) bond motifs is 1. The fraction of sp³-hybridized carbons (Fsp3) is 0.250. The Kier molecular flexibility index (Phi) is 3.75. The van der Waals surface area contributed by atoms with Gasteiger partial charge in [0.05, 0.1) is 12.0 Å². The smallest absolute Gasteiger partial charge is 0.336 e. The van der Waals surface area contributed by atoms with Crippen LogP contribution in [0.3, 0.4) is 0 Å². The van der Waals surface area contributed by atoms with Crippen LogP contribution in [0.4, 0.5) is 5.69 Å². The summed E-state index contributed by atoms with van der Waals surface area (Å²) in [6.07, 6.45) is 1.87. The first-order valence-electron chi connectivity index (χ1n) is 6.83. The van der Waals surface area contributed by atoms with Crippen molar-refractivity contribution in [1.29, 1.82) is 0 Å². The predicted octanol–water partition coefficient (Wildman–Crippen LogP) is 2.97. The van der Waals surface area contributed by atoms with Crippen LogP contribution in [0.25, 0.3) is 0 Å². The average Bonchev–Trinajstić information content (AvgIpc) is 2.98. The highest BCUT2D eigenvalue weighted by Gasteiger charge is 2.25. The number of hydrogen-bond donors (Lipinski definition) is 1. The van der Waals surface area contributed by atoms with Gasteiger partial charge in [0.1, 0.15) is 0 Å². The second-order valence-corrected chi connectivity index (χ2v) is 5.85. The van der Waals surface area contributed by atoms with E-state index in [1.807, 2.05) is 22.9 Å². The maximum Gasteiger partial charge on any atom is 0.336 e. The van der Waals surface area contributed by atoms with Crippen LogP contribution in [-0.2, 0) is 17.6 Å². The number of carboxylic acids is 1. The van der Waals surface area contributed by atoms with Gasteiger partial charge in [0.25, 0.3) is 0 Å². The van der Waals surface area contributed by atoms with Gasteiger partial charge in [-0.05, 0) is 52.9 Å². The number of thiophene rings is 1. The monoisotopic (exact) mass is 301 g/mol. The molecule has 0 saturated heterocycles. The van der Waals surface area contributed by atoms with E-state index in [2.05, 4.69) is 0 Å². The van der Waals surface area contributed by atoms with E-state index in [9.17, 15) is 14.7 Å². The van der Waals surface area contributed by atoms with Crippen molar-refractivity contribution in [1.82, 2.24) is 0 Å². The molecule has 4 nitrogen and oxygen atoms in total. The standard InChI is InChI=1S/C16H15NO3S/c18-15(9-11-6-8-21-10-11)17-7-2-4-12-13(16(19)20)3-1-5-14(12)17/h1,3,5-6,8,10H,2,4,7,9H2,(H,19,20). The van der Waals surface area contributed by atoms with Crippen LogP contribution in [0, 0.1) is 0 Å². The van der Waals surface area contributed by atoms with Crippen molar-refractivity contribution in [3.63, 3.8) is 0 Å². The molecule has 1 aromatic heterocycles. The first-order valence-corrected chi connectivity index (χ1v) is 7.77. The van der Waals surface area contributed by atoms with Crippen LogP contribution in [0.15, 0.2) is 35.0 Å². The van der Waals surface area contributed by atoms with E-state index >= 15 is 0 Å². The Morgan fingerprint density at radius 2 is 2.14 bits per heavy atom. The van der Waals surface area contributed by atoms with Gasteiger partial charge in [-0.15, -0.1) is 0 Å². The Hall–Kier alpha value is -2.14. The molecule has 1 aliphatic rings. The zero-order chi connectivity index (χ0) is 14.8. The number of carbonyl (C=O) groups excluding carboxylic acids is 1. The molecule has 21 heavy (non-hydrogen) atoms. The van der Waals surface area contributed by atoms with Gasteiger partial charge in [-0.3, -0.25) is 4.79 Å². The number of benzene rings is 1. The van der Waals surface area contributed by atoms with E-state index < -0.39 is 5.97 Å². The molecule has 0 fully saturated rings. The van der Waals surface area contributed by atoms with Gasteiger partial charge in [0.15, 0.2) is 0 Å². The summed E-state index contributed by atoms with van der Waals surface area (Å²) in [5, 5.41) is 13.2. The van der Waals surface area contributed by atoms with Crippen LogP contribution >= 0.6 is 11.3 Å².